The van der Waals surface area contributed by atoms with Crippen molar-refractivity contribution in [2.75, 3.05) is 13.2 Å². The first-order valence-electron chi connectivity index (χ1n) is 10.2. The smallest absolute Gasteiger partial charge is 0.308 e. The van der Waals surface area contributed by atoms with Crippen molar-refractivity contribution in [3.8, 4) is 0 Å². The number of carbonyl (C=O) groups is 3. The highest BCUT2D eigenvalue weighted by atomic mass is 16.5. The second-order valence-corrected chi connectivity index (χ2v) is 7.43. The van der Waals surface area contributed by atoms with Gasteiger partial charge in [-0.2, -0.15) is 5.10 Å². The molecule has 0 N–H and O–H groups in total. The number of ether oxygens (including phenoxy) is 1. The monoisotopic (exact) mass is 417 g/mol. The molecule has 0 unspecified atom stereocenters. The molecular formula is C24H23N3O4. The van der Waals surface area contributed by atoms with Crippen molar-refractivity contribution in [3.63, 3.8) is 0 Å². The maximum atomic E-state index is 12.5. The minimum Gasteiger partial charge on any atom is -0.455 e. The van der Waals surface area contributed by atoms with Crippen LogP contribution in [0.1, 0.15) is 42.5 Å². The standard InChI is InChI=1S/C24H23N3O4/c1-17(28)26-13-11-18-7-5-6-10-20(18)22(26)15-24(30)31-16-23(29)27-14-12-21(25-27)19-8-3-2-4-9-19/h2-11,13,22H,12,14-16H2,1H3/t22-/m0/s1. The van der Waals surface area contributed by atoms with Crippen molar-refractivity contribution in [1.82, 2.24) is 9.91 Å². The van der Waals surface area contributed by atoms with Crippen LogP contribution in [0.2, 0.25) is 0 Å². The Hall–Kier alpha value is -3.74. The molecule has 2 aliphatic heterocycles. The van der Waals surface area contributed by atoms with Gasteiger partial charge in [-0.15, -0.1) is 0 Å². The summed E-state index contributed by atoms with van der Waals surface area (Å²) >= 11 is 0. The molecule has 2 aromatic carbocycles. The number of carbonyl (C=O) groups excluding carboxylic acids is 3. The number of rotatable bonds is 5. The van der Waals surface area contributed by atoms with Crippen molar-refractivity contribution in [3.05, 3.63) is 77.5 Å². The lowest BCUT2D eigenvalue weighted by Gasteiger charge is -2.32. The first-order valence-corrected chi connectivity index (χ1v) is 10.2. The van der Waals surface area contributed by atoms with Gasteiger partial charge in [0, 0.05) is 19.5 Å². The first kappa shape index (κ1) is 20.5. The Morgan fingerprint density at radius 1 is 1.06 bits per heavy atom. The van der Waals surface area contributed by atoms with Gasteiger partial charge in [-0.05, 0) is 22.8 Å². The molecule has 31 heavy (non-hydrogen) atoms. The highest BCUT2D eigenvalue weighted by Gasteiger charge is 2.29. The van der Waals surface area contributed by atoms with Crippen LogP contribution in [0.15, 0.2) is 65.9 Å². The van der Waals surface area contributed by atoms with Gasteiger partial charge in [0.25, 0.3) is 5.91 Å². The lowest BCUT2D eigenvalue weighted by molar-refractivity contribution is -0.153. The van der Waals surface area contributed by atoms with E-state index in [1.54, 1.807) is 6.20 Å². The number of hydrazone groups is 1. The second-order valence-electron chi connectivity index (χ2n) is 7.43. The molecule has 2 heterocycles. The molecule has 2 aliphatic rings. The third-order valence-electron chi connectivity index (χ3n) is 5.38. The molecule has 2 amide bonds. The van der Waals surface area contributed by atoms with E-state index < -0.39 is 12.0 Å². The van der Waals surface area contributed by atoms with E-state index in [4.69, 9.17) is 4.74 Å². The zero-order chi connectivity index (χ0) is 21.8. The van der Waals surface area contributed by atoms with Gasteiger partial charge in [-0.25, -0.2) is 5.01 Å². The third-order valence-corrected chi connectivity index (χ3v) is 5.38. The average molecular weight is 417 g/mol. The normalized spacial score (nSPS) is 17.2. The average Bonchev–Trinajstić information content (AvgIpc) is 3.28. The lowest BCUT2D eigenvalue weighted by Crippen LogP contribution is -2.33. The van der Waals surface area contributed by atoms with Crippen LogP contribution in [0.3, 0.4) is 0 Å². The summed E-state index contributed by atoms with van der Waals surface area (Å²) in [5.74, 6) is -1.08. The molecule has 0 aromatic heterocycles. The Labute approximate surface area is 180 Å². The fraction of sp³-hybridized carbons (Fsp3) is 0.250. The Bertz CT molecular complexity index is 1060. The summed E-state index contributed by atoms with van der Waals surface area (Å²) in [6.45, 7) is 1.53. The molecule has 0 fully saturated rings. The van der Waals surface area contributed by atoms with Crippen LogP contribution < -0.4 is 0 Å². The van der Waals surface area contributed by atoms with Crippen molar-refractivity contribution in [1.29, 1.82) is 0 Å². The van der Waals surface area contributed by atoms with Crippen LogP contribution in [0.4, 0.5) is 0 Å². The first-order chi connectivity index (χ1) is 15.0. The maximum Gasteiger partial charge on any atom is 0.308 e. The van der Waals surface area contributed by atoms with Gasteiger partial charge in [0.15, 0.2) is 6.61 Å². The molecule has 2 aromatic rings. The van der Waals surface area contributed by atoms with E-state index in [9.17, 15) is 14.4 Å². The highest BCUT2D eigenvalue weighted by Crippen LogP contribution is 2.33. The van der Waals surface area contributed by atoms with Crippen molar-refractivity contribution < 1.29 is 19.1 Å². The van der Waals surface area contributed by atoms with Gasteiger partial charge in [0.2, 0.25) is 5.91 Å². The molecule has 7 heteroatoms. The zero-order valence-corrected chi connectivity index (χ0v) is 17.2. The van der Waals surface area contributed by atoms with Crippen LogP contribution in [0.5, 0.6) is 0 Å². The Kier molecular flexibility index (Phi) is 5.93. The number of hydrogen-bond acceptors (Lipinski definition) is 5. The summed E-state index contributed by atoms with van der Waals surface area (Å²) < 4.78 is 5.24. The summed E-state index contributed by atoms with van der Waals surface area (Å²) in [5, 5.41) is 5.71. The van der Waals surface area contributed by atoms with Crippen LogP contribution in [0.25, 0.3) is 6.08 Å². The molecular weight excluding hydrogens is 394 g/mol. The molecule has 0 spiro atoms. The Morgan fingerprint density at radius 3 is 2.58 bits per heavy atom. The summed E-state index contributed by atoms with van der Waals surface area (Å²) in [4.78, 5) is 38.5. The van der Waals surface area contributed by atoms with E-state index in [0.717, 1.165) is 22.4 Å². The SMILES string of the molecule is CC(=O)N1C=Cc2ccccc2[C@@H]1CC(=O)OCC(=O)N1CCC(c2ccccc2)=N1. The molecule has 4 rings (SSSR count). The minimum atomic E-state index is -0.541. The fourth-order valence-electron chi connectivity index (χ4n) is 3.82. The Balaban J connectivity index is 1.37. The van der Waals surface area contributed by atoms with E-state index in [2.05, 4.69) is 5.10 Å². The molecule has 0 aliphatic carbocycles. The van der Waals surface area contributed by atoms with Crippen molar-refractivity contribution in [2.24, 2.45) is 5.10 Å². The van der Waals surface area contributed by atoms with E-state index in [1.165, 1.54) is 16.8 Å². The molecule has 0 saturated heterocycles. The number of benzene rings is 2. The molecule has 1 atom stereocenters. The lowest BCUT2D eigenvalue weighted by atomic mass is 9.94. The number of amides is 2. The van der Waals surface area contributed by atoms with Gasteiger partial charge in [0.05, 0.1) is 24.7 Å². The second kappa shape index (κ2) is 8.95. The van der Waals surface area contributed by atoms with Gasteiger partial charge in [-0.3, -0.25) is 14.4 Å². The quantitative estimate of drug-likeness (QED) is 0.700. The molecule has 158 valence electrons. The van der Waals surface area contributed by atoms with Crippen LogP contribution in [-0.4, -0.2) is 46.6 Å². The van der Waals surface area contributed by atoms with E-state index in [-0.39, 0.29) is 24.8 Å². The predicted octanol–water partition coefficient (Wildman–Crippen LogP) is 3.13. The third kappa shape index (κ3) is 4.55. The van der Waals surface area contributed by atoms with Gasteiger partial charge in [-0.1, -0.05) is 54.6 Å². The highest BCUT2D eigenvalue weighted by molar-refractivity contribution is 6.02. The number of nitrogens with zero attached hydrogens (tertiary/aromatic N) is 3. The summed E-state index contributed by atoms with van der Waals surface area (Å²) in [5.41, 5.74) is 3.64. The van der Waals surface area contributed by atoms with Gasteiger partial charge < -0.3 is 9.64 Å². The van der Waals surface area contributed by atoms with Crippen LogP contribution in [0, 0.1) is 0 Å². The topological polar surface area (TPSA) is 79.3 Å². The number of hydrogen-bond donors (Lipinski definition) is 0. The molecule has 7 nitrogen and oxygen atoms in total. The summed E-state index contributed by atoms with van der Waals surface area (Å²) in [6, 6.07) is 16.8. The summed E-state index contributed by atoms with van der Waals surface area (Å²) in [6.07, 6.45) is 4.14. The summed E-state index contributed by atoms with van der Waals surface area (Å²) in [7, 11) is 0. The van der Waals surface area contributed by atoms with Gasteiger partial charge >= 0.3 is 5.97 Å². The molecule has 0 saturated carbocycles. The van der Waals surface area contributed by atoms with E-state index >= 15 is 0 Å². The minimum absolute atomic E-state index is 0.0350. The van der Waals surface area contributed by atoms with E-state index in [1.807, 2.05) is 60.7 Å². The fourth-order valence-corrected chi connectivity index (χ4v) is 3.82. The zero-order valence-electron chi connectivity index (χ0n) is 17.2. The number of fused-ring (bicyclic) bond motifs is 1. The number of esters is 1. The van der Waals surface area contributed by atoms with Crippen molar-refractivity contribution >= 4 is 29.6 Å². The maximum absolute atomic E-state index is 12.5. The molecule has 0 radical (unpaired) electrons. The van der Waals surface area contributed by atoms with Crippen LogP contribution in [-0.2, 0) is 19.1 Å². The predicted molar refractivity (Wildman–Crippen MR) is 116 cm³/mol. The largest absolute Gasteiger partial charge is 0.455 e. The van der Waals surface area contributed by atoms with E-state index in [0.29, 0.717) is 13.0 Å². The Morgan fingerprint density at radius 2 is 1.81 bits per heavy atom. The van der Waals surface area contributed by atoms with Gasteiger partial charge in [0.1, 0.15) is 0 Å². The van der Waals surface area contributed by atoms with Crippen LogP contribution >= 0.6 is 0 Å². The molecule has 0 bridgehead atoms. The van der Waals surface area contributed by atoms with Crippen molar-refractivity contribution in [2.45, 2.75) is 25.8 Å².